The van der Waals surface area contributed by atoms with Gasteiger partial charge >= 0.3 is 0 Å². The lowest BCUT2D eigenvalue weighted by molar-refractivity contribution is 0.370. The van der Waals surface area contributed by atoms with E-state index in [4.69, 9.17) is 16.3 Å². The Morgan fingerprint density at radius 2 is 2.13 bits per heavy atom. The van der Waals surface area contributed by atoms with Gasteiger partial charge in [-0.05, 0) is 30.7 Å². The first-order valence-electron chi connectivity index (χ1n) is 7.51. The molecule has 2 heterocycles. The van der Waals surface area contributed by atoms with Crippen LogP contribution >= 0.6 is 11.6 Å². The Balaban J connectivity index is 1.92. The molecule has 0 bridgehead atoms. The molecular weight excluding hydrogens is 312 g/mol. The Hall–Kier alpha value is -2.27. The molecule has 3 rings (SSSR count). The summed E-state index contributed by atoms with van der Waals surface area (Å²) >= 11 is 6.04. The second-order valence-corrected chi connectivity index (χ2v) is 5.72. The van der Waals surface area contributed by atoms with Crippen LogP contribution in [0.5, 0.6) is 5.88 Å². The number of ether oxygens (including phenoxy) is 1. The highest BCUT2D eigenvalue weighted by molar-refractivity contribution is 6.31. The van der Waals surface area contributed by atoms with Crippen molar-refractivity contribution in [1.29, 1.82) is 0 Å². The van der Waals surface area contributed by atoms with E-state index in [2.05, 4.69) is 22.3 Å². The highest BCUT2D eigenvalue weighted by Gasteiger charge is 2.15. The molecule has 1 aromatic carbocycles. The first-order valence-corrected chi connectivity index (χ1v) is 7.88. The van der Waals surface area contributed by atoms with E-state index in [9.17, 15) is 0 Å². The van der Waals surface area contributed by atoms with Gasteiger partial charge in [0.1, 0.15) is 0 Å². The van der Waals surface area contributed by atoms with Gasteiger partial charge in [0.15, 0.2) is 0 Å². The number of aromatic nitrogens is 3. The number of methoxy groups -OCH3 is 1. The van der Waals surface area contributed by atoms with Crippen molar-refractivity contribution in [1.82, 2.24) is 14.8 Å². The number of anilines is 1. The van der Waals surface area contributed by atoms with Crippen LogP contribution in [0.2, 0.25) is 5.02 Å². The van der Waals surface area contributed by atoms with Crippen LogP contribution in [0.4, 0.5) is 5.69 Å². The lowest BCUT2D eigenvalue weighted by atomic mass is 10.1. The number of fused-ring (bicyclic) bond motifs is 1. The summed E-state index contributed by atoms with van der Waals surface area (Å²) < 4.78 is 7.26. The van der Waals surface area contributed by atoms with Crippen molar-refractivity contribution in [2.24, 2.45) is 7.05 Å². The molecule has 0 aliphatic rings. The Bertz CT molecular complexity index is 844. The number of rotatable bonds is 5. The minimum atomic E-state index is 0.641. The van der Waals surface area contributed by atoms with Crippen molar-refractivity contribution >= 4 is 28.2 Å². The smallest absolute Gasteiger partial charge is 0.216 e. The fraction of sp³-hybridized carbons (Fsp3) is 0.294. The Morgan fingerprint density at radius 1 is 1.30 bits per heavy atom. The topological polar surface area (TPSA) is 52.0 Å². The van der Waals surface area contributed by atoms with E-state index in [0.717, 1.165) is 40.1 Å². The van der Waals surface area contributed by atoms with E-state index >= 15 is 0 Å². The molecule has 0 unspecified atom stereocenters. The Labute approximate surface area is 140 Å². The van der Waals surface area contributed by atoms with Gasteiger partial charge in [-0.15, -0.1) is 0 Å². The van der Waals surface area contributed by atoms with Crippen LogP contribution in [0.3, 0.4) is 0 Å². The molecule has 0 atom stereocenters. The van der Waals surface area contributed by atoms with E-state index in [1.165, 1.54) is 0 Å². The molecule has 6 heteroatoms. The molecule has 23 heavy (non-hydrogen) atoms. The zero-order chi connectivity index (χ0) is 16.4. The maximum Gasteiger partial charge on any atom is 0.216 e. The summed E-state index contributed by atoms with van der Waals surface area (Å²) in [6, 6.07) is 7.68. The highest BCUT2D eigenvalue weighted by atomic mass is 35.5. The third kappa shape index (κ3) is 2.97. The van der Waals surface area contributed by atoms with Crippen LogP contribution in [0.1, 0.15) is 18.2 Å². The van der Waals surface area contributed by atoms with Gasteiger partial charge in [-0.1, -0.05) is 18.5 Å². The molecule has 0 fully saturated rings. The fourth-order valence-corrected chi connectivity index (χ4v) is 2.95. The predicted molar refractivity (Wildman–Crippen MR) is 93.2 cm³/mol. The van der Waals surface area contributed by atoms with Crippen molar-refractivity contribution in [3.8, 4) is 5.88 Å². The van der Waals surface area contributed by atoms with Crippen molar-refractivity contribution in [3.05, 3.63) is 46.7 Å². The largest absolute Gasteiger partial charge is 0.481 e. The number of benzene rings is 1. The van der Waals surface area contributed by atoms with Gasteiger partial charge in [0.25, 0.3) is 0 Å². The number of nitrogens with one attached hydrogen (secondary N) is 1. The number of hydrogen-bond donors (Lipinski definition) is 1. The summed E-state index contributed by atoms with van der Waals surface area (Å²) in [6.45, 7) is 2.73. The Morgan fingerprint density at radius 3 is 2.87 bits per heavy atom. The fourth-order valence-electron chi connectivity index (χ4n) is 2.78. The molecule has 0 spiro atoms. The van der Waals surface area contributed by atoms with Crippen LogP contribution in [0.25, 0.3) is 10.9 Å². The van der Waals surface area contributed by atoms with E-state index in [1.54, 1.807) is 18.0 Å². The molecule has 2 aromatic heterocycles. The molecule has 0 aliphatic heterocycles. The summed E-state index contributed by atoms with van der Waals surface area (Å²) in [5.41, 5.74) is 4.01. The SMILES string of the molecule is CCc1nn(C)c(OC)c1CNc1ccnc2cc(Cl)ccc12. The zero-order valence-electron chi connectivity index (χ0n) is 13.4. The van der Waals surface area contributed by atoms with Crippen LogP contribution in [0.15, 0.2) is 30.5 Å². The quantitative estimate of drug-likeness (QED) is 0.773. The van der Waals surface area contributed by atoms with Crippen LogP contribution in [-0.2, 0) is 20.0 Å². The van der Waals surface area contributed by atoms with Crippen molar-refractivity contribution in [2.75, 3.05) is 12.4 Å². The van der Waals surface area contributed by atoms with Crippen LogP contribution < -0.4 is 10.1 Å². The molecule has 5 nitrogen and oxygen atoms in total. The monoisotopic (exact) mass is 330 g/mol. The average Bonchev–Trinajstić information content (AvgIpc) is 2.87. The second kappa shape index (κ2) is 6.46. The lowest BCUT2D eigenvalue weighted by Gasteiger charge is -2.11. The standard InChI is InChI=1S/C17H19ClN4O/c1-4-14-13(17(23-3)22(2)21-14)10-20-15-7-8-19-16-9-11(18)5-6-12(15)16/h5-9H,4,10H2,1-3H3,(H,19,20). The maximum absolute atomic E-state index is 6.04. The van der Waals surface area contributed by atoms with Gasteiger partial charge in [-0.2, -0.15) is 5.10 Å². The molecule has 0 saturated heterocycles. The molecule has 3 aromatic rings. The van der Waals surface area contributed by atoms with Gasteiger partial charge in [-0.3, -0.25) is 4.98 Å². The minimum Gasteiger partial charge on any atom is -0.481 e. The van der Waals surface area contributed by atoms with E-state index < -0.39 is 0 Å². The van der Waals surface area contributed by atoms with Crippen LogP contribution in [0, 0.1) is 0 Å². The van der Waals surface area contributed by atoms with Crippen molar-refractivity contribution in [3.63, 3.8) is 0 Å². The average molecular weight is 331 g/mol. The minimum absolute atomic E-state index is 0.641. The lowest BCUT2D eigenvalue weighted by Crippen LogP contribution is -2.04. The molecule has 0 amide bonds. The van der Waals surface area contributed by atoms with Crippen molar-refractivity contribution < 1.29 is 4.74 Å². The van der Waals surface area contributed by atoms with Crippen molar-refractivity contribution in [2.45, 2.75) is 19.9 Å². The molecule has 0 aliphatic carbocycles. The normalized spacial score (nSPS) is 11.0. The van der Waals surface area contributed by atoms with E-state index in [1.807, 2.05) is 31.3 Å². The third-order valence-corrected chi connectivity index (χ3v) is 4.09. The van der Waals surface area contributed by atoms with E-state index in [0.29, 0.717) is 11.6 Å². The number of halogens is 1. The predicted octanol–water partition coefficient (Wildman–Crippen LogP) is 3.80. The summed E-state index contributed by atoms with van der Waals surface area (Å²) in [5, 5.41) is 9.70. The second-order valence-electron chi connectivity index (χ2n) is 5.29. The molecule has 120 valence electrons. The molecule has 0 saturated carbocycles. The zero-order valence-corrected chi connectivity index (χ0v) is 14.2. The van der Waals surface area contributed by atoms with Gasteiger partial charge < -0.3 is 10.1 Å². The summed E-state index contributed by atoms with van der Waals surface area (Å²) in [5.74, 6) is 0.788. The van der Waals surface area contributed by atoms with Gasteiger partial charge in [-0.25, -0.2) is 4.68 Å². The first kappa shape index (κ1) is 15.6. The Kier molecular flexibility index (Phi) is 4.39. The third-order valence-electron chi connectivity index (χ3n) is 3.86. The van der Waals surface area contributed by atoms with Crippen LogP contribution in [-0.4, -0.2) is 21.9 Å². The number of pyridine rings is 1. The summed E-state index contributed by atoms with van der Waals surface area (Å²) in [7, 11) is 3.56. The van der Waals surface area contributed by atoms with Gasteiger partial charge in [0.05, 0.1) is 23.9 Å². The molecule has 1 N–H and O–H groups in total. The van der Waals surface area contributed by atoms with E-state index in [-0.39, 0.29) is 0 Å². The number of aryl methyl sites for hydroxylation is 2. The number of nitrogens with zero attached hydrogens (tertiary/aromatic N) is 3. The molecular formula is C17H19ClN4O. The summed E-state index contributed by atoms with van der Waals surface area (Å²) in [6.07, 6.45) is 2.64. The van der Waals surface area contributed by atoms with Gasteiger partial charge in [0, 0.05) is 35.9 Å². The first-order chi connectivity index (χ1) is 11.1. The summed E-state index contributed by atoms with van der Waals surface area (Å²) in [4.78, 5) is 4.36. The maximum atomic E-state index is 6.04. The highest BCUT2D eigenvalue weighted by Crippen LogP contribution is 2.27. The van der Waals surface area contributed by atoms with Gasteiger partial charge in [0.2, 0.25) is 5.88 Å². The molecule has 0 radical (unpaired) electrons. The number of hydrogen-bond acceptors (Lipinski definition) is 4.